The zero-order chi connectivity index (χ0) is 17.1. The summed E-state index contributed by atoms with van der Waals surface area (Å²) in [5, 5.41) is 4.20. The Bertz CT molecular complexity index is 688. The smallest absolute Gasteiger partial charge is 0.255 e. The average Bonchev–Trinajstić information content (AvgIpc) is 3.07. The van der Waals surface area contributed by atoms with E-state index in [9.17, 15) is 9.59 Å². The fraction of sp³-hybridized carbons (Fsp3) is 0.400. The van der Waals surface area contributed by atoms with Gasteiger partial charge in [0.2, 0.25) is 5.91 Å². The largest absolute Gasteiger partial charge is 0.383 e. The van der Waals surface area contributed by atoms with Gasteiger partial charge in [0.15, 0.2) is 0 Å². The number of nitrogens with zero attached hydrogens (tertiary/aromatic N) is 3. The highest BCUT2D eigenvalue weighted by molar-refractivity contribution is 5.99. The standard InChI is InChI=1S/C15H19N5O3/c1-4-11-13(15(17)22)14(16)20(18-11)9-6-10(8-23-3)19(7-9)12(21)5-2/h1,5,9-10H,2,6-8,16H2,3H3,(H2,17,22)/t9-,10+/m0/s1. The van der Waals surface area contributed by atoms with E-state index in [1.165, 1.54) is 10.8 Å². The van der Waals surface area contributed by atoms with Crippen LogP contribution in [0.25, 0.3) is 0 Å². The van der Waals surface area contributed by atoms with Crippen LogP contribution in [-0.4, -0.2) is 52.8 Å². The topological polar surface area (TPSA) is 116 Å². The third-order valence-electron chi connectivity index (χ3n) is 3.89. The first-order chi connectivity index (χ1) is 10.9. The maximum absolute atomic E-state index is 12.0. The molecule has 8 nitrogen and oxygen atoms in total. The molecule has 23 heavy (non-hydrogen) atoms. The fourth-order valence-electron chi connectivity index (χ4n) is 2.88. The molecule has 0 bridgehead atoms. The number of ether oxygens (including phenoxy) is 1. The molecule has 1 aromatic heterocycles. The minimum atomic E-state index is -0.729. The van der Waals surface area contributed by atoms with Crippen molar-refractivity contribution in [2.75, 3.05) is 26.0 Å². The van der Waals surface area contributed by atoms with Crippen molar-refractivity contribution in [3.05, 3.63) is 23.9 Å². The van der Waals surface area contributed by atoms with Crippen LogP contribution < -0.4 is 11.5 Å². The number of amides is 2. The van der Waals surface area contributed by atoms with Crippen LogP contribution in [0.3, 0.4) is 0 Å². The molecule has 1 saturated heterocycles. The highest BCUT2D eigenvalue weighted by atomic mass is 16.5. The molecule has 1 aliphatic rings. The Balaban J connectivity index is 2.37. The summed E-state index contributed by atoms with van der Waals surface area (Å²) in [6.45, 7) is 4.25. The zero-order valence-electron chi connectivity index (χ0n) is 12.9. The number of carbonyl (C=O) groups excluding carboxylic acids is 2. The van der Waals surface area contributed by atoms with Gasteiger partial charge in [-0.3, -0.25) is 9.59 Å². The van der Waals surface area contributed by atoms with E-state index in [0.717, 1.165) is 0 Å². The molecule has 0 aromatic carbocycles. The van der Waals surface area contributed by atoms with E-state index in [1.807, 2.05) is 0 Å². The summed E-state index contributed by atoms with van der Waals surface area (Å²) in [7, 11) is 1.56. The van der Waals surface area contributed by atoms with Crippen LogP contribution in [0.15, 0.2) is 12.7 Å². The summed E-state index contributed by atoms with van der Waals surface area (Å²) in [4.78, 5) is 25.1. The number of hydrogen-bond acceptors (Lipinski definition) is 5. The number of likely N-dealkylation sites (tertiary alicyclic amines) is 1. The Kier molecular flexibility index (Phi) is 4.71. The number of anilines is 1. The van der Waals surface area contributed by atoms with E-state index in [2.05, 4.69) is 17.6 Å². The molecule has 0 radical (unpaired) electrons. The number of rotatable bonds is 5. The van der Waals surface area contributed by atoms with Crippen LogP contribution in [0, 0.1) is 12.3 Å². The first-order valence-corrected chi connectivity index (χ1v) is 7.00. The van der Waals surface area contributed by atoms with Gasteiger partial charge in [-0.05, 0) is 18.4 Å². The normalized spacial score (nSPS) is 20.3. The number of nitrogens with two attached hydrogens (primary N) is 2. The van der Waals surface area contributed by atoms with Gasteiger partial charge in [0, 0.05) is 13.7 Å². The fourth-order valence-corrected chi connectivity index (χ4v) is 2.88. The minimum Gasteiger partial charge on any atom is -0.383 e. The van der Waals surface area contributed by atoms with Crippen molar-refractivity contribution in [3.63, 3.8) is 0 Å². The zero-order valence-corrected chi connectivity index (χ0v) is 12.9. The Morgan fingerprint density at radius 2 is 2.30 bits per heavy atom. The van der Waals surface area contributed by atoms with Gasteiger partial charge in [-0.1, -0.05) is 6.58 Å². The molecule has 2 heterocycles. The van der Waals surface area contributed by atoms with E-state index in [-0.39, 0.29) is 35.1 Å². The number of primary amides is 1. The van der Waals surface area contributed by atoms with Crippen molar-refractivity contribution in [2.24, 2.45) is 5.73 Å². The molecule has 0 spiro atoms. The van der Waals surface area contributed by atoms with Crippen molar-refractivity contribution >= 4 is 17.6 Å². The maximum Gasteiger partial charge on any atom is 0.255 e. The summed E-state index contributed by atoms with van der Waals surface area (Å²) in [6.07, 6.45) is 7.17. The summed E-state index contributed by atoms with van der Waals surface area (Å²) >= 11 is 0. The summed E-state index contributed by atoms with van der Waals surface area (Å²) < 4.78 is 6.62. The number of hydrogen-bond donors (Lipinski definition) is 2. The highest BCUT2D eigenvalue weighted by Gasteiger charge is 2.37. The first kappa shape index (κ1) is 16.6. The number of carbonyl (C=O) groups is 2. The molecule has 1 fully saturated rings. The predicted octanol–water partition coefficient (Wildman–Crippen LogP) is -0.480. The van der Waals surface area contributed by atoms with Crippen molar-refractivity contribution in [1.82, 2.24) is 14.7 Å². The van der Waals surface area contributed by atoms with E-state index < -0.39 is 5.91 Å². The monoisotopic (exact) mass is 317 g/mol. The number of nitrogen functional groups attached to an aromatic ring is 1. The highest BCUT2D eigenvalue weighted by Crippen LogP contribution is 2.31. The van der Waals surface area contributed by atoms with Crippen LogP contribution in [0.1, 0.15) is 28.5 Å². The predicted molar refractivity (Wildman–Crippen MR) is 84.3 cm³/mol. The van der Waals surface area contributed by atoms with E-state index in [1.54, 1.807) is 12.0 Å². The Morgan fingerprint density at radius 3 is 2.78 bits per heavy atom. The Labute approximate surface area is 134 Å². The van der Waals surface area contributed by atoms with Gasteiger partial charge in [0.05, 0.1) is 18.7 Å². The molecule has 2 rings (SSSR count). The number of methoxy groups -OCH3 is 1. The summed E-state index contributed by atoms with van der Waals surface area (Å²) in [6, 6.07) is -0.357. The Morgan fingerprint density at radius 1 is 1.61 bits per heavy atom. The molecule has 1 aromatic rings. The van der Waals surface area contributed by atoms with Crippen LogP contribution in [0.2, 0.25) is 0 Å². The Hall–Kier alpha value is -2.79. The molecule has 4 N–H and O–H groups in total. The summed E-state index contributed by atoms with van der Waals surface area (Å²) in [5.41, 5.74) is 11.4. The van der Waals surface area contributed by atoms with Crippen LogP contribution >= 0.6 is 0 Å². The maximum atomic E-state index is 12.0. The van der Waals surface area contributed by atoms with Crippen molar-refractivity contribution in [1.29, 1.82) is 0 Å². The molecule has 2 amide bonds. The molecule has 0 unspecified atom stereocenters. The third-order valence-corrected chi connectivity index (χ3v) is 3.89. The van der Waals surface area contributed by atoms with Gasteiger partial charge in [-0.2, -0.15) is 5.10 Å². The minimum absolute atomic E-state index is 0.0317. The van der Waals surface area contributed by atoms with E-state index in [4.69, 9.17) is 22.6 Å². The van der Waals surface area contributed by atoms with Crippen molar-refractivity contribution in [2.45, 2.75) is 18.5 Å². The van der Waals surface area contributed by atoms with Gasteiger partial charge in [-0.25, -0.2) is 4.68 Å². The second-order valence-corrected chi connectivity index (χ2v) is 5.26. The molecular formula is C15H19N5O3. The molecular weight excluding hydrogens is 298 g/mol. The van der Waals surface area contributed by atoms with E-state index >= 15 is 0 Å². The molecule has 8 heteroatoms. The van der Waals surface area contributed by atoms with Gasteiger partial charge >= 0.3 is 0 Å². The molecule has 1 aliphatic heterocycles. The molecule has 2 atom stereocenters. The molecule has 122 valence electrons. The lowest BCUT2D eigenvalue weighted by Crippen LogP contribution is -2.37. The van der Waals surface area contributed by atoms with E-state index in [0.29, 0.717) is 19.6 Å². The SMILES string of the molecule is C#Cc1nn([C@H]2C[C@H](COC)N(C(=O)C=C)C2)c(N)c1C(N)=O. The summed E-state index contributed by atoms with van der Waals surface area (Å²) in [5.74, 6) is 1.49. The van der Waals surface area contributed by atoms with Crippen LogP contribution in [-0.2, 0) is 9.53 Å². The van der Waals surface area contributed by atoms with Crippen molar-refractivity contribution in [3.8, 4) is 12.3 Å². The van der Waals surface area contributed by atoms with Crippen LogP contribution in [0.4, 0.5) is 5.82 Å². The van der Waals surface area contributed by atoms with Crippen molar-refractivity contribution < 1.29 is 14.3 Å². The quantitative estimate of drug-likeness (QED) is 0.562. The molecule has 0 aliphatic carbocycles. The lowest BCUT2D eigenvalue weighted by atomic mass is 10.1. The first-order valence-electron chi connectivity index (χ1n) is 7.00. The third kappa shape index (κ3) is 2.91. The van der Waals surface area contributed by atoms with Crippen LogP contribution in [0.5, 0.6) is 0 Å². The average molecular weight is 317 g/mol. The van der Waals surface area contributed by atoms with Gasteiger partial charge < -0.3 is 21.1 Å². The van der Waals surface area contributed by atoms with Gasteiger partial charge in [0.25, 0.3) is 5.91 Å². The number of terminal acetylenes is 1. The second-order valence-electron chi connectivity index (χ2n) is 5.26. The number of aromatic nitrogens is 2. The van der Waals surface area contributed by atoms with Gasteiger partial charge in [-0.15, -0.1) is 6.42 Å². The lowest BCUT2D eigenvalue weighted by molar-refractivity contribution is -0.127. The van der Waals surface area contributed by atoms with Gasteiger partial charge in [0.1, 0.15) is 17.1 Å². The molecule has 0 saturated carbocycles. The second kappa shape index (κ2) is 6.54. The lowest BCUT2D eigenvalue weighted by Gasteiger charge is -2.22.